The molecule has 0 bridgehead atoms. The van der Waals surface area contributed by atoms with E-state index in [-0.39, 0.29) is 11.6 Å². The lowest BCUT2D eigenvalue weighted by Gasteiger charge is -2.07. The highest BCUT2D eigenvalue weighted by atomic mass is 19.1. The van der Waals surface area contributed by atoms with Gasteiger partial charge in [-0.15, -0.1) is 0 Å². The molecule has 0 radical (unpaired) electrons. The number of para-hydroxylation sites is 1. The van der Waals surface area contributed by atoms with E-state index in [1.807, 2.05) is 18.3 Å². The maximum Gasteiger partial charge on any atom is 0.123 e. The second kappa shape index (κ2) is 5.97. The summed E-state index contributed by atoms with van der Waals surface area (Å²) in [5, 5.41) is 14.1. The smallest absolute Gasteiger partial charge is 0.123 e. The molecule has 2 aromatic carbocycles. The molecule has 3 rings (SSSR count). The van der Waals surface area contributed by atoms with Crippen molar-refractivity contribution in [2.75, 3.05) is 6.54 Å². The molecule has 21 heavy (non-hydrogen) atoms. The van der Waals surface area contributed by atoms with Gasteiger partial charge in [-0.2, -0.15) is 0 Å². The predicted octanol–water partition coefficient (Wildman–Crippen LogP) is 3.34. The predicted molar refractivity (Wildman–Crippen MR) is 81.8 cm³/mol. The van der Waals surface area contributed by atoms with Gasteiger partial charge < -0.3 is 15.4 Å². The molecule has 0 aliphatic rings. The maximum atomic E-state index is 13.1. The third kappa shape index (κ3) is 3.06. The normalized spacial score (nSPS) is 11.1. The minimum Gasteiger partial charge on any atom is -0.508 e. The van der Waals surface area contributed by atoms with E-state index in [9.17, 15) is 9.50 Å². The third-order valence-electron chi connectivity index (χ3n) is 3.60. The lowest BCUT2D eigenvalue weighted by atomic mass is 10.1. The topological polar surface area (TPSA) is 48.0 Å². The number of H-pyrrole nitrogens is 1. The third-order valence-corrected chi connectivity index (χ3v) is 3.60. The van der Waals surface area contributed by atoms with E-state index in [0.29, 0.717) is 12.1 Å². The summed E-state index contributed by atoms with van der Waals surface area (Å²) >= 11 is 0. The first-order chi connectivity index (χ1) is 10.2. The first kappa shape index (κ1) is 13.6. The Kier molecular flexibility index (Phi) is 3.88. The van der Waals surface area contributed by atoms with Crippen molar-refractivity contribution < 1.29 is 9.50 Å². The van der Waals surface area contributed by atoms with Crippen LogP contribution in [0.3, 0.4) is 0 Å². The summed E-state index contributed by atoms with van der Waals surface area (Å²) in [5.74, 6) is -0.211. The van der Waals surface area contributed by atoms with Crippen molar-refractivity contribution in [1.82, 2.24) is 10.3 Å². The molecule has 0 saturated carbocycles. The standard InChI is InChI=1S/C17H17FN2O/c18-14-5-6-17(21)13(9-14)10-19-8-7-12-11-20-16-4-2-1-3-15(12)16/h1-6,9,11,19-21H,7-8,10H2. The van der Waals surface area contributed by atoms with Crippen LogP contribution in [0.4, 0.5) is 4.39 Å². The molecule has 4 heteroatoms. The van der Waals surface area contributed by atoms with E-state index < -0.39 is 0 Å². The summed E-state index contributed by atoms with van der Waals surface area (Å²) in [6, 6.07) is 12.2. The zero-order chi connectivity index (χ0) is 14.7. The number of fused-ring (bicyclic) bond motifs is 1. The summed E-state index contributed by atoms with van der Waals surface area (Å²) in [6.45, 7) is 1.21. The van der Waals surface area contributed by atoms with Gasteiger partial charge in [0.05, 0.1) is 0 Å². The van der Waals surface area contributed by atoms with E-state index in [2.05, 4.69) is 22.4 Å². The largest absolute Gasteiger partial charge is 0.508 e. The fourth-order valence-electron chi connectivity index (χ4n) is 2.48. The van der Waals surface area contributed by atoms with Crippen LogP contribution < -0.4 is 5.32 Å². The van der Waals surface area contributed by atoms with Gasteiger partial charge in [0.1, 0.15) is 11.6 Å². The highest BCUT2D eigenvalue weighted by Gasteiger charge is 2.04. The molecule has 3 aromatic rings. The van der Waals surface area contributed by atoms with Gasteiger partial charge in [-0.05, 0) is 42.8 Å². The molecule has 0 saturated heterocycles. The molecular formula is C17H17FN2O. The lowest BCUT2D eigenvalue weighted by Crippen LogP contribution is -2.16. The van der Waals surface area contributed by atoms with E-state index >= 15 is 0 Å². The van der Waals surface area contributed by atoms with Crippen molar-refractivity contribution in [3.8, 4) is 5.75 Å². The number of phenolic OH excluding ortho intramolecular Hbond substituents is 1. The summed E-state index contributed by atoms with van der Waals surface area (Å²) in [5.41, 5.74) is 2.96. The lowest BCUT2D eigenvalue weighted by molar-refractivity contribution is 0.461. The highest BCUT2D eigenvalue weighted by Crippen LogP contribution is 2.19. The summed E-state index contributed by atoms with van der Waals surface area (Å²) in [4.78, 5) is 3.25. The van der Waals surface area contributed by atoms with Crippen LogP contribution in [0.2, 0.25) is 0 Å². The average molecular weight is 284 g/mol. The molecular weight excluding hydrogens is 267 g/mol. The number of hydrogen-bond donors (Lipinski definition) is 3. The van der Waals surface area contributed by atoms with Crippen LogP contribution in [-0.4, -0.2) is 16.6 Å². The summed E-state index contributed by atoms with van der Waals surface area (Å²) in [6.07, 6.45) is 2.89. The van der Waals surface area contributed by atoms with Crippen LogP contribution in [0, 0.1) is 5.82 Å². The molecule has 3 N–H and O–H groups in total. The number of aromatic hydroxyl groups is 1. The van der Waals surface area contributed by atoms with Crippen LogP contribution >= 0.6 is 0 Å². The van der Waals surface area contributed by atoms with Crippen LogP contribution in [0.5, 0.6) is 5.75 Å². The summed E-state index contributed by atoms with van der Waals surface area (Å²) < 4.78 is 13.1. The first-order valence-electron chi connectivity index (χ1n) is 6.97. The van der Waals surface area contributed by atoms with Gasteiger partial charge in [-0.3, -0.25) is 0 Å². The van der Waals surface area contributed by atoms with Gasteiger partial charge >= 0.3 is 0 Å². The van der Waals surface area contributed by atoms with Crippen molar-refractivity contribution in [2.24, 2.45) is 0 Å². The minimum atomic E-state index is -0.332. The Hall–Kier alpha value is -2.33. The van der Waals surface area contributed by atoms with Gasteiger partial charge in [-0.1, -0.05) is 18.2 Å². The van der Waals surface area contributed by atoms with Crippen molar-refractivity contribution in [3.05, 3.63) is 65.6 Å². The molecule has 0 aliphatic carbocycles. The van der Waals surface area contributed by atoms with Gasteiger partial charge in [0, 0.05) is 29.2 Å². The SMILES string of the molecule is Oc1ccc(F)cc1CNCCc1c[nH]c2ccccc12. The Morgan fingerprint density at radius 3 is 2.86 bits per heavy atom. The second-order valence-electron chi connectivity index (χ2n) is 5.06. The van der Waals surface area contributed by atoms with Gasteiger partial charge in [0.25, 0.3) is 0 Å². The Morgan fingerprint density at radius 1 is 1.10 bits per heavy atom. The zero-order valence-electron chi connectivity index (χ0n) is 11.6. The van der Waals surface area contributed by atoms with Gasteiger partial charge in [0.2, 0.25) is 0 Å². The quantitative estimate of drug-likeness (QED) is 0.629. The number of aromatic amines is 1. The number of rotatable bonds is 5. The van der Waals surface area contributed by atoms with E-state index in [1.165, 1.54) is 29.1 Å². The Morgan fingerprint density at radius 2 is 1.95 bits per heavy atom. The number of phenols is 1. The molecule has 0 amide bonds. The second-order valence-corrected chi connectivity index (χ2v) is 5.06. The fourth-order valence-corrected chi connectivity index (χ4v) is 2.48. The van der Waals surface area contributed by atoms with Crippen molar-refractivity contribution in [1.29, 1.82) is 0 Å². The van der Waals surface area contributed by atoms with Crippen molar-refractivity contribution >= 4 is 10.9 Å². The van der Waals surface area contributed by atoms with Crippen LogP contribution in [0.1, 0.15) is 11.1 Å². The number of hydrogen-bond acceptors (Lipinski definition) is 2. The molecule has 3 nitrogen and oxygen atoms in total. The van der Waals surface area contributed by atoms with E-state index in [4.69, 9.17) is 0 Å². The molecule has 0 unspecified atom stereocenters. The number of aromatic nitrogens is 1. The molecule has 1 aromatic heterocycles. The highest BCUT2D eigenvalue weighted by molar-refractivity contribution is 5.83. The molecule has 0 atom stereocenters. The Balaban J connectivity index is 1.58. The maximum absolute atomic E-state index is 13.1. The van der Waals surface area contributed by atoms with Crippen molar-refractivity contribution in [2.45, 2.75) is 13.0 Å². The van der Waals surface area contributed by atoms with Crippen LogP contribution in [0.25, 0.3) is 10.9 Å². The van der Waals surface area contributed by atoms with Crippen LogP contribution in [-0.2, 0) is 13.0 Å². The monoisotopic (exact) mass is 284 g/mol. The first-order valence-corrected chi connectivity index (χ1v) is 6.97. The Labute approximate surface area is 122 Å². The molecule has 1 heterocycles. The van der Waals surface area contributed by atoms with Gasteiger partial charge in [0.15, 0.2) is 0 Å². The average Bonchev–Trinajstić information content (AvgIpc) is 2.90. The van der Waals surface area contributed by atoms with E-state index in [0.717, 1.165) is 18.5 Å². The minimum absolute atomic E-state index is 0.121. The van der Waals surface area contributed by atoms with Crippen LogP contribution in [0.15, 0.2) is 48.7 Å². The molecule has 0 spiro atoms. The van der Waals surface area contributed by atoms with Crippen molar-refractivity contribution in [3.63, 3.8) is 0 Å². The number of halogens is 1. The number of benzene rings is 2. The number of nitrogens with one attached hydrogen (secondary N) is 2. The van der Waals surface area contributed by atoms with Gasteiger partial charge in [-0.25, -0.2) is 4.39 Å². The zero-order valence-corrected chi connectivity index (χ0v) is 11.6. The Bertz CT molecular complexity index is 751. The molecule has 0 fully saturated rings. The molecule has 0 aliphatic heterocycles. The van der Waals surface area contributed by atoms with E-state index in [1.54, 1.807) is 0 Å². The molecule has 108 valence electrons. The summed E-state index contributed by atoms with van der Waals surface area (Å²) in [7, 11) is 0. The fraction of sp³-hybridized carbons (Fsp3) is 0.176.